The van der Waals surface area contributed by atoms with Gasteiger partial charge < -0.3 is 10.2 Å². The Morgan fingerprint density at radius 2 is 2.12 bits per heavy atom. The number of aryl methyl sites for hydroxylation is 1. The fourth-order valence-electron chi connectivity index (χ4n) is 2.45. The summed E-state index contributed by atoms with van der Waals surface area (Å²) < 4.78 is 0. The fourth-order valence-corrected chi connectivity index (χ4v) is 3.39. The van der Waals surface area contributed by atoms with Crippen LogP contribution in [0.4, 0.5) is 0 Å². The zero-order valence-corrected chi connectivity index (χ0v) is 11.5. The highest BCUT2D eigenvalue weighted by molar-refractivity contribution is 7.12. The molecule has 94 valence electrons. The molecule has 1 fully saturated rings. The van der Waals surface area contributed by atoms with Crippen LogP contribution in [-0.4, -0.2) is 36.0 Å². The van der Waals surface area contributed by atoms with Crippen LogP contribution in [0.2, 0.25) is 0 Å². The van der Waals surface area contributed by atoms with Gasteiger partial charge >= 0.3 is 0 Å². The second-order valence-corrected chi connectivity index (χ2v) is 5.61. The molecule has 1 aliphatic rings. The second kappa shape index (κ2) is 5.19. The van der Waals surface area contributed by atoms with E-state index in [1.165, 1.54) is 5.56 Å². The van der Waals surface area contributed by atoms with Crippen molar-refractivity contribution in [1.29, 1.82) is 0 Å². The predicted octanol–water partition coefficient (Wildman–Crippen LogP) is 2.13. The lowest BCUT2D eigenvalue weighted by atomic mass is 10.1. The summed E-state index contributed by atoms with van der Waals surface area (Å²) in [5.41, 5.74) is 1.18. The molecular formula is C13H20N2OS. The number of nitrogens with zero attached hydrogens (tertiary/aromatic N) is 1. The molecule has 0 saturated carbocycles. The monoisotopic (exact) mass is 252 g/mol. The van der Waals surface area contributed by atoms with Crippen molar-refractivity contribution in [3.8, 4) is 0 Å². The first-order chi connectivity index (χ1) is 8.15. The van der Waals surface area contributed by atoms with Crippen molar-refractivity contribution in [3.05, 3.63) is 21.9 Å². The van der Waals surface area contributed by atoms with Crippen molar-refractivity contribution < 1.29 is 4.79 Å². The Bertz CT molecular complexity index is 392. The van der Waals surface area contributed by atoms with Gasteiger partial charge in [0, 0.05) is 25.2 Å². The number of carbonyl (C=O) groups excluding carboxylic acids is 1. The number of hydrogen-bond acceptors (Lipinski definition) is 3. The number of nitrogens with one attached hydrogen (secondary N) is 1. The van der Waals surface area contributed by atoms with Gasteiger partial charge in [0.05, 0.1) is 4.88 Å². The van der Waals surface area contributed by atoms with Gasteiger partial charge in [-0.3, -0.25) is 4.79 Å². The first-order valence-electron chi connectivity index (χ1n) is 6.24. The van der Waals surface area contributed by atoms with Gasteiger partial charge in [0.2, 0.25) is 0 Å². The summed E-state index contributed by atoms with van der Waals surface area (Å²) in [6, 6.07) is 2.62. The van der Waals surface area contributed by atoms with Gasteiger partial charge in [0.1, 0.15) is 0 Å². The molecule has 2 heterocycles. The van der Waals surface area contributed by atoms with E-state index in [1.54, 1.807) is 11.3 Å². The number of amides is 1. The lowest BCUT2D eigenvalue weighted by Gasteiger charge is -2.39. The molecule has 1 aliphatic heterocycles. The van der Waals surface area contributed by atoms with E-state index in [0.29, 0.717) is 0 Å². The summed E-state index contributed by atoms with van der Waals surface area (Å²) in [5.74, 6) is 0.207. The molecule has 2 rings (SSSR count). The summed E-state index contributed by atoms with van der Waals surface area (Å²) in [7, 11) is 0. The molecule has 17 heavy (non-hydrogen) atoms. The van der Waals surface area contributed by atoms with Crippen molar-refractivity contribution in [2.45, 2.75) is 39.3 Å². The SMILES string of the molecule is CCc1ccsc1C(=O)N1C(C)CNCC1C. The van der Waals surface area contributed by atoms with E-state index in [0.717, 1.165) is 24.4 Å². The second-order valence-electron chi connectivity index (χ2n) is 4.70. The first-order valence-corrected chi connectivity index (χ1v) is 7.12. The van der Waals surface area contributed by atoms with Crippen LogP contribution in [0.3, 0.4) is 0 Å². The van der Waals surface area contributed by atoms with E-state index < -0.39 is 0 Å². The third-order valence-electron chi connectivity index (χ3n) is 3.39. The standard InChI is InChI=1S/C13H20N2OS/c1-4-11-5-6-17-12(11)13(16)15-9(2)7-14-8-10(15)3/h5-6,9-10,14H,4,7-8H2,1-3H3. The average molecular weight is 252 g/mol. The van der Waals surface area contributed by atoms with Gasteiger partial charge in [-0.25, -0.2) is 0 Å². The maximum atomic E-state index is 12.6. The normalized spacial score (nSPS) is 25.0. The van der Waals surface area contributed by atoms with Crippen LogP contribution < -0.4 is 5.32 Å². The molecule has 0 aromatic carbocycles. The molecular weight excluding hydrogens is 232 g/mol. The number of hydrogen-bond donors (Lipinski definition) is 1. The zero-order chi connectivity index (χ0) is 12.4. The number of thiophene rings is 1. The lowest BCUT2D eigenvalue weighted by Crippen LogP contribution is -2.57. The van der Waals surface area contributed by atoms with E-state index in [-0.39, 0.29) is 18.0 Å². The molecule has 2 unspecified atom stereocenters. The molecule has 0 radical (unpaired) electrons. The van der Waals surface area contributed by atoms with Crippen LogP contribution >= 0.6 is 11.3 Å². The molecule has 3 nitrogen and oxygen atoms in total. The fraction of sp³-hybridized carbons (Fsp3) is 0.615. The quantitative estimate of drug-likeness (QED) is 0.874. The van der Waals surface area contributed by atoms with Crippen molar-refractivity contribution in [3.63, 3.8) is 0 Å². The molecule has 0 aliphatic carbocycles. The molecule has 0 bridgehead atoms. The molecule has 4 heteroatoms. The van der Waals surface area contributed by atoms with Crippen LogP contribution in [-0.2, 0) is 6.42 Å². The summed E-state index contributed by atoms with van der Waals surface area (Å²) in [6.07, 6.45) is 0.930. The Kier molecular flexibility index (Phi) is 3.84. The highest BCUT2D eigenvalue weighted by Gasteiger charge is 2.30. The Morgan fingerprint density at radius 3 is 2.71 bits per heavy atom. The summed E-state index contributed by atoms with van der Waals surface area (Å²) >= 11 is 1.57. The van der Waals surface area contributed by atoms with Crippen LogP contribution in [0, 0.1) is 0 Å². The van der Waals surface area contributed by atoms with Crippen LogP contribution in [0.15, 0.2) is 11.4 Å². The van der Waals surface area contributed by atoms with Crippen LogP contribution in [0.1, 0.15) is 36.0 Å². The topological polar surface area (TPSA) is 32.3 Å². The first kappa shape index (κ1) is 12.6. The Balaban J connectivity index is 2.24. The summed E-state index contributed by atoms with van der Waals surface area (Å²) in [5, 5.41) is 5.37. The smallest absolute Gasteiger partial charge is 0.264 e. The van der Waals surface area contributed by atoms with Crippen LogP contribution in [0.25, 0.3) is 0 Å². The minimum absolute atomic E-state index is 0.207. The van der Waals surface area contributed by atoms with E-state index >= 15 is 0 Å². The van der Waals surface area contributed by atoms with Gasteiger partial charge in [-0.2, -0.15) is 0 Å². The van der Waals surface area contributed by atoms with Crippen molar-refractivity contribution >= 4 is 17.2 Å². The third-order valence-corrected chi connectivity index (χ3v) is 4.33. The lowest BCUT2D eigenvalue weighted by molar-refractivity contribution is 0.0548. The predicted molar refractivity (Wildman–Crippen MR) is 71.7 cm³/mol. The Morgan fingerprint density at radius 1 is 1.47 bits per heavy atom. The molecule has 1 saturated heterocycles. The van der Waals surface area contributed by atoms with Gasteiger partial charge in [-0.15, -0.1) is 11.3 Å². The maximum absolute atomic E-state index is 12.6. The number of rotatable bonds is 2. The Hall–Kier alpha value is -0.870. The highest BCUT2D eigenvalue weighted by Crippen LogP contribution is 2.22. The van der Waals surface area contributed by atoms with E-state index in [1.807, 2.05) is 10.3 Å². The molecule has 1 amide bonds. The van der Waals surface area contributed by atoms with E-state index in [4.69, 9.17) is 0 Å². The Labute approximate surface area is 107 Å². The van der Waals surface area contributed by atoms with Crippen LogP contribution in [0.5, 0.6) is 0 Å². The average Bonchev–Trinajstić information content (AvgIpc) is 2.76. The molecule has 2 atom stereocenters. The largest absolute Gasteiger partial charge is 0.330 e. The minimum atomic E-state index is 0.207. The summed E-state index contributed by atoms with van der Waals surface area (Å²) in [6.45, 7) is 8.11. The summed E-state index contributed by atoms with van der Waals surface area (Å²) in [4.78, 5) is 15.5. The van der Waals surface area contributed by atoms with Gasteiger partial charge in [0.15, 0.2) is 0 Å². The van der Waals surface area contributed by atoms with E-state index in [2.05, 4.69) is 32.2 Å². The highest BCUT2D eigenvalue weighted by atomic mass is 32.1. The van der Waals surface area contributed by atoms with Gasteiger partial charge in [-0.05, 0) is 37.3 Å². The molecule has 0 spiro atoms. The molecule has 1 aromatic heterocycles. The van der Waals surface area contributed by atoms with Gasteiger partial charge in [-0.1, -0.05) is 6.92 Å². The van der Waals surface area contributed by atoms with E-state index in [9.17, 15) is 4.79 Å². The molecule has 1 aromatic rings. The maximum Gasteiger partial charge on any atom is 0.264 e. The zero-order valence-electron chi connectivity index (χ0n) is 10.7. The van der Waals surface area contributed by atoms with Gasteiger partial charge in [0.25, 0.3) is 5.91 Å². The minimum Gasteiger partial charge on any atom is -0.330 e. The van der Waals surface area contributed by atoms with Crippen molar-refractivity contribution in [2.75, 3.05) is 13.1 Å². The van der Waals surface area contributed by atoms with Crippen molar-refractivity contribution in [2.24, 2.45) is 0 Å². The number of piperazine rings is 1. The number of carbonyl (C=O) groups is 1. The van der Waals surface area contributed by atoms with Crippen molar-refractivity contribution in [1.82, 2.24) is 10.2 Å². The molecule has 1 N–H and O–H groups in total. The third kappa shape index (κ3) is 2.38.